The Kier molecular flexibility index (Phi) is 3.70. The van der Waals surface area contributed by atoms with Crippen LogP contribution in [0.3, 0.4) is 0 Å². The first-order chi connectivity index (χ1) is 9.08. The average molecular weight is 259 g/mol. The number of urea groups is 1. The topological polar surface area (TPSA) is 87.6 Å². The van der Waals surface area contributed by atoms with E-state index in [1.807, 2.05) is 47.9 Å². The molecular weight excluding hydrogens is 246 g/mol. The van der Waals surface area contributed by atoms with E-state index in [0.29, 0.717) is 0 Å². The summed E-state index contributed by atoms with van der Waals surface area (Å²) in [5.74, 6) is -2.38. The van der Waals surface area contributed by atoms with Crippen LogP contribution in [-0.4, -0.2) is 24.1 Å². The van der Waals surface area contributed by atoms with E-state index in [9.17, 15) is 14.4 Å². The molecule has 6 nitrogen and oxygen atoms in total. The van der Waals surface area contributed by atoms with Crippen molar-refractivity contribution in [1.82, 2.24) is 10.6 Å². The van der Waals surface area contributed by atoms with E-state index in [1.54, 1.807) is 0 Å². The maximum absolute atomic E-state index is 11.5. The highest BCUT2D eigenvalue weighted by atomic mass is 16.2. The van der Waals surface area contributed by atoms with Crippen LogP contribution in [0, 0.1) is 5.92 Å². The van der Waals surface area contributed by atoms with Crippen LogP contribution < -0.4 is 10.6 Å². The van der Waals surface area contributed by atoms with Gasteiger partial charge in [-0.3, -0.25) is 25.2 Å². The first kappa shape index (κ1) is 12.9. The lowest BCUT2D eigenvalue weighted by molar-refractivity contribution is -0.132. The Balaban J connectivity index is 2.08. The van der Waals surface area contributed by atoms with E-state index in [1.165, 1.54) is 6.21 Å². The van der Waals surface area contributed by atoms with E-state index >= 15 is 0 Å². The molecule has 19 heavy (non-hydrogen) atoms. The molecule has 1 aliphatic rings. The van der Waals surface area contributed by atoms with Gasteiger partial charge >= 0.3 is 6.03 Å². The first-order valence-corrected chi connectivity index (χ1v) is 5.82. The van der Waals surface area contributed by atoms with Gasteiger partial charge in [0.05, 0.1) is 6.04 Å². The molecule has 0 unspecified atom stereocenters. The second-order valence-electron chi connectivity index (χ2n) is 4.17. The van der Waals surface area contributed by atoms with E-state index in [-0.39, 0.29) is 6.04 Å². The number of carbonyl (C=O) groups excluding carboxylic acids is 3. The minimum atomic E-state index is -1.07. The predicted octanol–water partition coefficient (Wildman–Crippen LogP) is 0.801. The van der Waals surface area contributed by atoms with Crippen molar-refractivity contribution in [2.45, 2.75) is 13.0 Å². The molecule has 0 saturated carbocycles. The van der Waals surface area contributed by atoms with Crippen molar-refractivity contribution >= 4 is 24.1 Å². The minimum absolute atomic E-state index is 0.167. The Morgan fingerprint density at radius 3 is 2.26 bits per heavy atom. The molecule has 1 aliphatic heterocycles. The summed E-state index contributed by atoms with van der Waals surface area (Å²) in [5.41, 5.74) is 0.978. The van der Waals surface area contributed by atoms with Crippen LogP contribution in [0.4, 0.5) is 4.79 Å². The molecular formula is C13H13N3O3. The normalized spacial score (nSPS) is 18.3. The smallest absolute Gasteiger partial charge is 0.288 e. The van der Waals surface area contributed by atoms with Gasteiger partial charge in [0.1, 0.15) is 0 Å². The van der Waals surface area contributed by atoms with Gasteiger partial charge in [-0.25, -0.2) is 4.79 Å². The van der Waals surface area contributed by atoms with Gasteiger partial charge in [-0.05, 0) is 12.5 Å². The molecule has 2 rings (SSSR count). The summed E-state index contributed by atoms with van der Waals surface area (Å²) in [6.45, 7) is 1.86. The number of nitrogens with one attached hydrogen (secondary N) is 2. The van der Waals surface area contributed by atoms with Crippen LogP contribution in [0.15, 0.2) is 35.3 Å². The Hall–Kier alpha value is -2.50. The summed E-state index contributed by atoms with van der Waals surface area (Å²) < 4.78 is 0. The number of hydrogen-bond acceptors (Lipinski definition) is 4. The highest BCUT2D eigenvalue weighted by molar-refractivity contribution is 6.23. The van der Waals surface area contributed by atoms with Gasteiger partial charge in [0, 0.05) is 6.21 Å². The van der Waals surface area contributed by atoms with Crippen LogP contribution in [0.2, 0.25) is 0 Å². The molecule has 4 amide bonds. The molecule has 0 aromatic heterocycles. The van der Waals surface area contributed by atoms with Gasteiger partial charge in [0.15, 0.2) is 5.92 Å². The monoisotopic (exact) mass is 259 g/mol. The van der Waals surface area contributed by atoms with Gasteiger partial charge in [-0.15, -0.1) is 0 Å². The third-order valence-corrected chi connectivity index (χ3v) is 2.78. The minimum Gasteiger partial charge on any atom is -0.288 e. The first-order valence-electron chi connectivity index (χ1n) is 5.82. The maximum atomic E-state index is 11.5. The molecule has 1 heterocycles. The summed E-state index contributed by atoms with van der Waals surface area (Å²) in [6, 6.07) is 8.53. The Bertz CT molecular complexity index is 519. The molecule has 1 aromatic rings. The highest BCUT2D eigenvalue weighted by Gasteiger charge is 2.32. The van der Waals surface area contributed by atoms with Crippen molar-refractivity contribution in [3.05, 3.63) is 35.9 Å². The van der Waals surface area contributed by atoms with Gasteiger partial charge < -0.3 is 0 Å². The third kappa shape index (κ3) is 3.04. The Morgan fingerprint density at radius 1 is 1.11 bits per heavy atom. The summed E-state index contributed by atoms with van der Waals surface area (Å²) in [7, 11) is 0. The maximum Gasteiger partial charge on any atom is 0.328 e. The second-order valence-corrected chi connectivity index (χ2v) is 4.17. The van der Waals surface area contributed by atoms with Crippen molar-refractivity contribution in [3.63, 3.8) is 0 Å². The number of nitrogens with zero attached hydrogens (tertiary/aromatic N) is 1. The lowest BCUT2D eigenvalue weighted by atomic mass is 10.1. The highest BCUT2D eigenvalue weighted by Crippen LogP contribution is 2.15. The van der Waals surface area contributed by atoms with E-state index in [2.05, 4.69) is 4.99 Å². The van der Waals surface area contributed by atoms with Crippen molar-refractivity contribution in [1.29, 1.82) is 0 Å². The van der Waals surface area contributed by atoms with E-state index < -0.39 is 23.8 Å². The lowest BCUT2D eigenvalue weighted by Crippen LogP contribution is -2.56. The molecule has 0 spiro atoms. The Morgan fingerprint density at radius 2 is 1.68 bits per heavy atom. The number of carbonyl (C=O) groups is 3. The third-order valence-electron chi connectivity index (χ3n) is 2.78. The van der Waals surface area contributed by atoms with Crippen molar-refractivity contribution in [2.75, 3.05) is 0 Å². The van der Waals surface area contributed by atoms with Crippen LogP contribution in [0.25, 0.3) is 0 Å². The Labute approximate surface area is 109 Å². The van der Waals surface area contributed by atoms with E-state index in [0.717, 1.165) is 5.56 Å². The summed E-state index contributed by atoms with van der Waals surface area (Å²) in [4.78, 5) is 38.0. The van der Waals surface area contributed by atoms with Crippen LogP contribution in [-0.2, 0) is 9.59 Å². The van der Waals surface area contributed by atoms with E-state index in [4.69, 9.17) is 0 Å². The number of barbiturate groups is 1. The van der Waals surface area contributed by atoms with Gasteiger partial charge in [-0.1, -0.05) is 30.3 Å². The van der Waals surface area contributed by atoms with Gasteiger partial charge in [-0.2, -0.15) is 0 Å². The number of hydrogen-bond donors (Lipinski definition) is 2. The summed E-state index contributed by atoms with van der Waals surface area (Å²) in [5, 5.41) is 4.04. The van der Waals surface area contributed by atoms with Crippen LogP contribution in [0.1, 0.15) is 18.5 Å². The van der Waals surface area contributed by atoms with Crippen molar-refractivity contribution < 1.29 is 14.4 Å². The van der Waals surface area contributed by atoms with Crippen LogP contribution >= 0.6 is 0 Å². The molecule has 1 fully saturated rings. The average Bonchev–Trinajstić information content (AvgIpc) is 2.38. The summed E-state index contributed by atoms with van der Waals surface area (Å²) >= 11 is 0. The van der Waals surface area contributed by atoms with Crippen molar-refractivity contribution in [2.24, 2.45) is 10.9 Å². The lowest BCUT2D eigenvalue weighted by Gasteiger charge is -2.17. The standard InChI is InChI=1S/C13H13N3O3/c1-8(9-5-3-2-4-6-9)14-7-10-11(17)15-13(19)16-12(10)18/h2-8,10H,1H3,(H2,15,16,17,18,19)/t8-/m1/s1. The zero-order valence-electron chi connectivity index (χ0n) is 10.3. The molecule has 0 aliphatic carbocycles. The zero-order valence-corrected chi connectivity index (χ0v) is 10.3. The number of amides is 4. The number of aliphatic imine (C=N–C) groups is 1. The zero-order chi connectivity index (χ0) is 13.8. The van der Waals surface area contributed by atoms with Crippen molar-refractivity contribution in [3.8, 4) is 0 Å². The summed E-state index contributed by atoms with van der Waals surface area (Å²) in [6.07, 6.45) is 1.27. The molecule has 1 aromatic carbocycles. The predicted molar refractivity (Wildman–Crippen MR) is 68.5 cm³/mol. The SMILES string of the molecule is C[C@@H](N=CC1C(=O)NC(=O)NC1=O)c1ccccc1. The molecule has 2 N–H and O–H groups in total. The fraction of sp³-hybridized carbons (Fsp3) is 0.231. The van der Waals surface area contributed by atoms with Crippen LogP contribution in [0.5, 0.6) is 0 Å². The quantitative estimate of drug-likeness (QED) is 0.621. The molecule has 1 saturated heterocycles. The molecule has 0 bridgehead atoms. The molecule has 0 radical (unpaired) electrons. The second kappa shape index (κ2) is 5.43. The van der Waals surface area contributed by atoms with Gasteiger partial charge in [0.2, 0.25) is 11.8 Å². The largest absolute Gasteiger partial charge is 0.328 e. The number of rotatable bonds is 3. The molecule has 1 atom stereocenters. The molecule has 98 valence electrons. The van der Waals surface area contributed by atoms with Gasteiger partial charge in [0.25, 0.3) is 0 Å². The molecule has 6 heteroatoms. The number of imide groups is 2. The number of benzene rings is 1. The fourth-order valence-electron chi connectivity index (χ4n) is 1.70. The fourth-order valence-corrected chi connectivity index (χ4v) is 1.70.